The third-order valence-electron chi connectivity index (χ3n) is 2.77. The Bertz CT molecular complexity index is 689. The Hall–Kier alpha value is -2.82. The van der Waals surface area contributed by atoms with Crippen LogP contribution in [0.5, 0.6) is 0 Å². The molecule has 0 aromatic heterocycles. The number of hydrogen-bond acceptors (Lipinski definition) is 4. The van der Waals surface area contributed by atoms with Gasteiger partial charge in [-0.15, -0.1) is 5.11 Å². The molecule has 0 aliphatic carbocycles. The normalized spacial score (nSPS) is 11.8. The minimum atomic E-state index is -0.534. The van der Waals surface area contributed by atoms with Gasteiger partial charge in [0.1, 0.15) is 12.1 Å². The molecule has 2 aromatic rings. The number of allylic oxidation sites excluding steroid dienone is 1. The van der Waals surface area contributed by atoms with Crippen molar-refractivity contribution in [2.45, 2.75) is 6.92 Å². The Morgan fingerprint density at radius 1 is 1.10 bits per heavy atom. The minimum absolute atomic E-state index is 0.220. The van der Waals surface area contributed by atoms with Crippen molar-refractivity contribution in [1.29, 1.82) is 0 Å². The van der Waals surface area contributed by atoms with E-state index >= 15 is 0 Å². The van der Waals surface area contributed by atoms with Crippen LogP contribution < -0.4 is 0 Å². The number of benzene rings is 2. The molecule has 0 atom stereocenters. The molecule has 2 rings (SSSR count). The molecule has 5 heteroatoms. The van der Waals surface area contributed by atoms with Gasteiger partial charge in [0.25, 0.3) is 0 Å². The molecule has 0 aliphatic heterocycles. The van der Waals surface area contributed by atoms with E-state index in [1.807, 2.05) is 19.1 Å². The lowest BCUT2D eigenvalue weighted by Gasteiger charge is -2.00. The summed E-state index contributed by atoms with van der Waals surface area (Å²) in [5.74, 6) is -0.976. The highest BCUT2D eigenvalue weighted by Gasteiger charge is 2.12. The monoisotopic (exact) mass is 284 g/mol. The van der Waals surface area contributed by atoms with Crippen molar-refractivity contribution in [1.82, 2.24) is 0 Å². The average molecular weight is 284 g/mol. The molecular weight excluding hydrogens is 271 g/mol. The summed E-state index contributed by atoms with van der Waals surface area (Å²) in [4.78, 5) is 12.1. The average Bonchev–Trinajstić information content (AvgIpc) is 2.50. The number of aryl methyl sites for hydroxylation is 1. The van der Waals surface area contributed by atoms with Gasteiger partial charge in [0.05, 0.1) is 5.69 Å². The summed E-state index contributed by atoms with van der Waals surface area (Å²) < 4.78 is 12.8. The fourth-order valence-electron chi connectivity index (χ4n) is 1.60. The van der Waals surface area contributed by atoms with Gasteiger partial charge in [0, 0.05) is 5.56 Å². The van der Waals surface area contributed by atoms with Crippen molar-refractivity contribution in [2.24, 2.45) is 10.2 Å². The first kappa shape index (κ1) is 14.6. The lowest BCUT2D eigenvalue weighted by atomic mass is 10.1. The zero-order chi connectivity index (χ0) is 15.2. The van der Waals surface area contributed by atoms with Crippen LogP contribution in [0.4, 0.5) is 10.1 Å². The molecule has 1 N–H and O–H groups in total. The third-order valence-corrected chi connectivity index (χ3v) is 2.77. The van der Waals surface area contributed by atoms with E-state index in [0.717, 1.165) is 5.56 Å². The van der Waals surface area contributed by atoms with Gasteiger partial charge in [-0.05, 0) is 43.3 Å². The largest absolute Gasteiger partial charge is 0.513 e. The standard InChI is InChI=1S/C16H13FN2O2/c1-11-2-8-14(9-3-11)18-19-15(10-20)16(21)12-4-6-13(17)7-5-12/h2-10,20H,1H3/b15-10+,19-18?. The van der Waals surface area contributed by atoms with Crippen LogP contribution in [0, 0.1) is 12.7 Å². The first-order valence-corrected chi connectivity index (χ1v) is 6.23. The van der Waals surface area contributed by atoms with Crippen LogP contribution >= 0.6 is 0 Å². The van der Waals surface area contributed by atoms with E-state index in [0.29, 0.717) is 11.9 Å². The Morgan fingerprint density at radius 2 is 1.71 bits per heavy atom. The van der Waals surface area contributed by atoms with Crippen molar-refractivity contribution in [2.75, 3.05) is 0 Å². The van der Waals surface area contributed by atoms with Crippen LogP contribution in [-0.4, -0.2) is 10.9 Å². The highest BCUT2D eigenvalue weighted by atomic mass is 19.1. The smallest absolute Gasteiger partial charge is 0.216 e. The van der Waals surface area contributed by atoms with Crippen LogP contribution in [0.3, 0.4) is 0 Å². The molecule has 0 unspecified atom stereocenters. The van der Waals surface area contributed by atoms with Crippen molar-refractivity contribution in [3.63, 3.8) is 0 Å². The van der Waals surface area contributed by atoms with E-state index < -0.39 is 11.6 Å². The van der Waals surface area contributed by atoms with Gasteiger partial charge in [0.2, 0.25) is 5.78 Å². The number of halogens is 1. The topological polar surface area (TPSA) is 62.0 Å². The maximum atomic E-state index is 12.8. The second kappa shape index (κ2) is 6.56. The zero-order valence-corrected chi connectivity index (χ0v) is 11.3. The second-order valence-electron chi connectivity index (χ2n) is 4.39. The summed E-state index contributed by atoms with van der Waals surface area (Å²) in [6.07, 6.45) is 0.587. The van der Waals surface area contributed by atoms with E-state index in [1.54, 1.807) is 12.1 Å². The van der Waals surface area contributed by atoms with Gasteiger partial charge in [-0.1, -0.05) is 17.7 Å². The number of aliphatic hydroxyl groups excluding tert-OH is 1. The number of azo groups is 1. The van der Waals surface area contributed by atoms with Crippen LogP contribution in [0.1, 0.15) is 15.9 Å². The molecule has 0 aliphatic rings. The predicted octanol–water partition coefficient (Wildman–Crippen LogP) is 4.50. The maximum absolute atomic E-state index is 12.8. The molecule has 2 aromatic carbocycles. The van der Waals surface area contributed by atoms with E-state index in [-0.39, 0.29) is 11.3 Å². The molecule has 0 saturated heterocycles. The van der Waals surface area contributed by atoms with Gasteiger partial charge >= 0.3 is 0 Å². The van der Waals surface area contributed by atoms with Gasteiger partial charge in [-0.2, -0.15) is 5.11 Å². The molecular formula is C16H13FN2O2. The molecule has 0 saturated carbocycles. The number of ketones is 1. The molecule has 0 amide bonds. The third kappa shape index (κ3) is 3.82. The highest BCUT2D eigenvalue weighted by molar-refractivity contribution is 6.08. The van der Waals surface area contributed by atoms with Crippen molar-refractivity contribution in [3.05, 3.63) is 77.4 Å². The number of aliphatic hydroxyl groups is 1. The predicted molar refractivity (Wildman–Crippen MR) is 77.1 cm³/mol. The van der Waals surface area contributed by atoms with Crippen molar-refractivity contribution < 1.29 is 14.3 Å². The highest BCUT2D eigenvalue weighted by Crippen LogP contribution is 2.16. The number of carbonyl (C=O) groups excluding carboxylic acids is 1. The van der Waals surface area contributed by atoms with Gasteiger partial charge in [-0.25, -0.2) is 4.39 Å². The van der Waals surface area contributed by atoms with Gasteiger partial charge in [-0.3, -0.25) is 4.79 Å². The Balaban J connectivity index is 2.18. The molecule has 106 valence electrons. The second-order valence-corrected chi connectivity index (χ2v) is 4.39. The lowest BCUT2D eigenvalue weighted by Crippen LogP contribution is -2.01. The first-order valence-electron chi connectivity index (χ1n) is 6.23. The van der Waals surface area contributed by atoms with Crippen molar-refractivity contribution in [3.8, 4) is 0 Å². The van der Waals surface area contributed by atoms with E-state index in [2.05, 4.69) is 10.2 Å². The first-order chi connectivity index (χ1) is 10.1. The molecule has 4 nitrogen and oxygen atoms in total. The number of rotatable bonds is 4. The molecule has 0 heterocycles. The van der Waals surface area contributed by atoms with E-state index in [1.165, 1.54) is 24.3 Å². The Morgan fingerprint density at radius 3 is 2.29 bits per heavy atom. The van der Waals surface area contributed by atoms with Crippen LogP contribution in [0.2, 0.25) is 0 Å². The number of hydrogen-bond donors (Lipinski definition) is 1. The van der Waals surface area contributed by atoms with Gasteiger partial charge in [0.15, 0.2) is 5.70 Å². The van der Waals surface area contributed by atoms with E-state index in [4.69, 9.17) is 5.11 Å². The van der Waals surface area contributed by atoms with Crippen LogP contribution in [0.25, 0.3) is 0 Å². The maximum Gasteiger partial charge on any atom is 0.216 e. The summed E-state index contributed by atoms with van der Waals surface area (Å²) in [5.41, 5.74) is 1.64. The minimum Gasteiger partial charge on any atom is -0.513 e. The van der Waals surface area contributed by atoms with Gasteiger partial charge < -0.3 is 5.11 Å². The Kier molecular flexibility index (Phi) is 4.56. The quantitative estimate of drug-likeness (QED) is 0.389. The molecule has 0 fully saturated rings. The van der Waals surface area contributed by atoms with E-state index in [9.17, 15) is 9.18 Å². The summed E-state index contributed by atoms with van der Waals surface area (Å²) in [7, 11) is 0. The summed E-state index contributed by atoms with van der Waals surface area (Å²) in [6, 6.07) is 12.2. The Labute approximate surface area is 121 Å². The fraction of sp³-hybridized carbons (Fsp3) is 0.0625. The van der Waals surface area contributed by atoms with Crippen LogP contribution in [0.15, 0.2) is 70.7 Å². The lowest BCUT2D eigenvalue weighted by molar-refractivity contribution is 0.102. The van der Waals surface area contributed by atoms with Crippen LogP contribution in [-0.2, 0) is 0 Å². The SMILES string of the molecule is Cc1ccc(N=N/C(=C/O)C(=O)c2ccc(F)cc2)cc1. The fourth-order valence-corrected chi connectivity index (χ4v) is 1.60. The summed E-state index contributed by atoms with van der Waals surface area (Å²) in [6.45, 7) is 1.94. The molecule has 0 bridgehead atoms. The summed E-state index contributed by atoms with van der Waals surface area (Å²) >= 11 is 0. The molecule has 0 spiro atoms. The number of carbonyl (C=O) groups is 1. The molecule has 0 radical (unpaired) electrons. The van der Waals surface area contributed by atoms with Crippen molar-refractivity contribution >= 4 is 11.5 Å². The number of nitrogens with zero attached hydrogens (tertiary/aromatic N) is 2. The zero-order valence-electron chi connectivity index (χ0n) is 11.3. The molecule has 21 heavy (non-hydrogen) atoms. The summed E-state index contributed by atoms with van der Waals surface area (Å²) in [5, 5.41) is 16.7. The number of Topliss-reactive ketones (excluding diaryl/α,β-unsaturated/α-hetero) is 1.